The first-order valence-electron chi connectivity index (χ1n) is 26.8. The van der Waals surface area contributed by atoms with Crippen molar-refractivity contribution in [3.8, 4) is 11.5 Å². The molecule has 6 unspecified atom stereocenters. The lowest BCUT2D eigenvalue weighted by Crippen LogP contribution is -2.70. The molecule has 10 heteroatoms. The predicted molar refractivity (Wildman–Crippen MR) is 285 cm³/mol. The maximum absolute atomic E-state index is 15.3. The SMILES string of the molecule is C=CCOc1ccc2c(c1)C1C(CCCCO)C(CCCCO)C=C3C(=NOCc4ccccc4)CC(N(Cc4cccc5ccccc45)C(=O)OCCCCCCCCCCCC)C(OCC=C)(O2)C31. The Balaban J connectivity index is 1.35. The van der Waals surface area contributed by atoms with Gasteiger partial charge in [0.2, 0.25) is 5.79 Å². The van der Waals surface area contributed by atoms with Gasteiger partial charge in [0, 0.05) is 31.1 Å². The Morgan fingerprint density at radius 1 is 0.803 bits per heavy atom. The van der Waals surface area contributed by atoms with Crippen LogP contribution in [0, 0.1) is 17.8 Å². The molecule has 0 saturated heterocycles. The number of hydrogen-bond acceptors (Lipinski definition) is 9. The Hall–Kier alpha value is -5.42. The second-order valence-corrected chi connectivity index (χ2v) is 19.7. The molecule has 1 saturated carbocycles. The molecule has 4 aromatic rings. The van der Waals surface area contributed by atoms with E-state index < -0.39 is 23.8 Å². The first kappa shape index (κ1) is 53.4. The van der Waals surface area contributed by atoms with Crippen molar-refractivity contribution in [1.82, 2.24) is 4.90 Å². The number of nitrogens with zero attached hydrogens (tertiary/aromatic N) is 2. The highest BCUT2D eigenvalue weighted by Crippen LogP contribution is 2.62. The second-order valence-electron chi connectivity index (χ2n) is 19.7. The average molecular weight is 969 g/mol. The molecule has 4 aromatic carbocycles. The van der Waals surface area contributed by atoms with E-state index in [-0.39, 0.29) is 57.1 Å². The van der Waals surface area contributed by atoms with Gasteiger partial charge in [-0.3, -0.25) is 4.90 Å². The zero-order chi connectivity index (χ0) is 49.7. The summed E-state index contributed by atoms with van der Waals surface area (Å²) >= 11 is 0. The van der Waals surface area contributed by atoms with Gasteiger partial charge in [0.15, 0.2) is 0 Å². The van der Waals surface area contributed by atoms with E-state index in [0.717, 1.165) is 83.7 Å². The summed E-state index contributed by atoms with van der Waals surface area (Å²) in [5.41, 5.74) is 4.67. The van der Waals surface area contributed by atoms with Crippen LogP contribution in [0.25, 0.3) is 10.8 Å². The molecule has 0 spiro atoms. The highest BCUT2D eigenvalue weighted by molar-refractivity contribution is 6.03. The Labute approximate surface area is 423 Å². The van der Waals surface area contributed by atoms with Crippen molar-refractivity contribution in [2.45, 2.75) is 147 Å². The summed E-state index contributed by atoms with van der Waals surface area (Å²) in [4.78, 5) is 23.5. The van der Waals surface area contributed by atoms with E-state index >= 15 is 4.79 Å². The average Bonchev–Trinajstić information content (AvgIpc) is 3.39. The number of fused-ring (bicyclic) bond motifs is 3. The number of allylic oxidation sites excluding steroid dienone is 1. The van der Waals surface area contributed by atoms with E-state index in [1.54, 1.807) is 12.2 Å². The van der Waals surface area contributed by atoms with Gasteiger partial charge in [0.05, 0.1) is 31.4 Å². The minimum absolute atomic E-state index is 0.0676. The lowest BCUT2D eigenvalue weighted by molar-refractivity contribution is -0.256. The van der Waals surface area contributed by atoms with Crippen LogP contribution in [-0.2, 0) is 27.5 Å². The van der Waals surface area contributed by atoms with Gasteiger partial charge in [-0.15, -0.1) is 6.58 Å². The standard InChI is InChI=1S/C61H80N2O8/c1-4-7-8-9-10-11-12-13-14-24-40-68-60(66)63(44-49-31-25-30-47-28-18-19-32-51(47)49)57-43-55(62-70-45-46-26-16-15-17-27-46)53-41-48(29-20-22-36-64)52(33-21-23-37-65)58-54-42-50(67-38-5-2)34-35-56(54)71-61(57,59(53)58)69-39-6-3/h5-6,15-19,25-28,30-32,34-35,41-42,48,52,57-59,64-65H,2-4,7-14,20-24,29,33,36-40,43-45H2,1H3. The number of carbonyl (C=O) groups excluding carboxylic acids is 1. The highest BCUT2D eigenvalue weighted by Gasteiger charge is 2.65. The molecule has 1 fully saturated rings. The van der Waals surface area contributed by atoms with Crippen LogP contribution in [0.2, 0.25) is 0 Å². The number of aliphatic hydroxyl groups excluding tert-OH is 2. The van der Waals surface area contributed by atoms with Crippen LogP contribution in [0.1, 0.15) is 139 Å². The van der Waals surface area contributed by atoms with Crippen LogP contribution < -0.4 is 9.47 Å². The third kappa shape index (κ3) is 13.8. The number of oxime groups is 1. The smallest absolute Gasteiger partial charge is 0.410 e. The van der Waals surface area contributed by atoms with E-state index in [9.17, 15) is 10.2 Å². The quantitative estimate of drug-likeness (QED) is 0.0291. The molecule has 7 rings (SSSR count). The Morgan fingerprint density at radius 3 is 2.25 bits per heavy atom. The van der Waals surface area contributed by atoms with Gasteiger partial charge in [0.25, 0.3) is 0 Å². The number of unbranched alkanes of at least 4 members (excludes halogenated alkanes) is 11. The maximum Gasteiger partial charge on any atom is 0.410 e. The van der Waals surface area contributed by atoms with Gasteiger partial charge in [-0.05, 0) is 89.6 Å². The van der Waals surface area contributed by atoms with Gasteiger partial charge < -0.3 is 34.0 Å². The van der Waals surface area contributed by atoms with Crippen LogP contribution in [-0.4, -0.2) is 71.8 Å². The molecule has 0 bridgehead atoms. The van der Waals surface area contributed by atoms with Gasteiger partial charge >= 0.3 is 6.09 Å². The molecule has 6 atom stereocenters. The molecular formula is C61H80N2O8. The van der Waals surface area contributed by atoms with E-state index in [4.69, 9.17) is 28.9 Å². The fourth-order valence-corrected chi connectivity index (χ4v) is 11.4. The third-order valence-corrected chi connectivity index (χ3v) is 14.8. The van der Waals surface area contributed by atoms with E-state index in [1.807, 2.05) is 65.6 Å². The van der Waals surface area contributed by atoms with Crippen molar-refractivity contribution in [1.29, 1.82) is 0 Å². The summed E-state index contributed by atoms with van der Waals surface area (Å²) in [5, 5.41) is 27.3. The summed E-state index contributed by atoms with van der Waals surface area (Å²) in [7, 11) is 0. The number of hydrogen-bond donors (Lipinski definition) is 2. The Kier molecular flexibility index (Phi) is 21.0. The third-order valence-electron chi connectivity index (χ3n) is 14.8. The summed E-state index contributed by atoms with van der Waals surface area (Å²) < 4.78 is 27.4. The lowest BCUT2D eigenvalue weighted by atomic mass is 9.55. The first-order valence-corrected chi connectivity index (χ1v) is 26.8. The highest BCUT2D eigenvalue weighted by atomic mass is 16.7. The lowest BCUT2D eigenvalue weighted by Gasteiger charge is -2.60. The van der Waals surface area contributed by atoms with E-state index in [2.05, 4.69) is 56.5 Å². The molecule has 2 N–H and O–H groups in total. The number of benzene rings is 4. The van der Waals surface area contributed by atoms with E-state index in [0.29, 0.717) is 37.6 Å². The van der Waals surface area contributed by atoms with Gasteiger partial charge in [-0.25, -0.2) is 4.79 Å². The van der Waals surface area contributed by atoms with Crippen molar-refractivity contribution >= 4 is 22.6 Å². The van der Waals surface area contributed by atoms with Gasteiger partial charge in [-0.2, -0.15) is 0 Å². The number of ether oxygens (including phenoxy) is 4. The fourth-order valence-electron chi connectivity index (χ4n) is 11.4. The fraction of sp³-hybridized carbons (Fsp3) is 0.508. The molecule has 2 aliphatic carbocycles. The Morgan fingerprint density at radius 2 is 1.51 bits per heavy atom. The summed E-state index contributed by atoms with van der Waals surface area (Å²) in [6.07, 6.45) is 22.2. The largest absolute Gasteiger partial charge is 0.490 e. The van der Waals surface area contributed by atoms with E-state index in [1.165, 1.54) is 44.9 Å². The monoisotopic (exact) mass is 969 g/mol. The molecule has 1 aliphatic heterocycles. The summed E-state index contributed by atoms with van der Waals surface area (Å²) in [6.45, 7) is 11.8. The van der Waals surface area contributed by atoms with Crippen molar-refractivity contribution in [2.24, 2.45) is 22.9 Å². The molecular weight excluding hydrogens is 889 g/mol. The van der Waals surface area contributed by atoms with Crippen LogP contribution in [0.4, 0.5) is 4.79 Å². The number of aliphatic hydroxyl groups is 2. The van der Waals surface area contributed by atoms with Crippen molar-refractivity contribution < 1.29 is 38.8 Å². The van der Waals surface area contributed by atoms with Gasteiger partial charge in [0.1, 0.15) is 30.8 Å². The molecule has 71 heavy (non-hydrogen) atoms. The maximum atomic E-state index is 15.3. The van der Waals surface area contributed by atoms with Crippen LogP contribution in [0.3, 0.4) is 0 Å². The number of carbonyl (C=O) groups is 1. The summed E-state index contributed by atoms with van der Waals surface area (Å²) in [6, 6.07) is 29.8. The molecule has 1 heterocycles. The van der Waals surface area contributed by atoms with Crippen LogP contribution in [0.5, 0.6) is 11.5 Å². The Bertz CT molecular complexity index is 2340. The summed E-state index contributed by atoms with van der Waals surface area (Å²) in [5.74, 6) is -0.582. The second kappa shape index (κ2) is 28.0. The van der Waals surface area contributed by atoms with Crippen molar-refractivity contribution in [3.05, 3.63) is 145 Å². The topological polar surface area (TPSA) is 119 Å². The minimum Gasteiger partial charge on any atom is -0.490 e. The number of rotatable bonds is 31. The first-order chi connectivity index (χ1) is 35.0. The normalized spacial score (nSPS) is 21.6. The molecule has 3 aliphatic rings. The van der Waals surface area contributed by atoms with Crippen LogP contribution >= 0.6 is 0 Å². The molecule has 0 aromatic heterocycles. The van der Waals surface area contributed by atoms with Crippen molar-refractivity contribution in [3.63, 3.8) is 0 Å². The minimum atomic E-state index is -1.44. The van der Waals surface area contributed by atoms with Crippen LogP contribution in [0.15, 0.2) is 133 Å². The number of amides is 1. The van der Waals surface area contributed by atoms with Gasteiger partial charge in [-0.1, -0.05) is 180 Å². The van der Waals surface area contributed by atoms with Crippen molar-refractivity contribution in [2.75, 3.05) is 33.0 Å². The zero-order valence-corrected chi connectivity index (χ0v) is 42.4. The zero-order valence-electron chi connectivity index (χ0n) is 42.4. The molecule has 1 amide bonds. The molecule has 0 radical (unpaired) electrons. The molecule has 10 nitrogen and oxygen atoms in total. The predicted octanol–water partition coefficient (Wildman–Crippen LogP) is 13.8. The molecule has 382 valence electrons.